The van der Waals surface area contributed by atoms with E-state index >= 15 is 0 Å². The molecule has 2 saturated heterocycles. The van der Waals surface area contributed by atoms with E-state index in [4.69, 9.17) is 0 Å². The lowest BCUT2D eigenvalue weighted by Gasteiger charge is -2.52. The molecule has 1 aromatic carbocycles. The average molecular weight is 324 g/mol. The van der Waals surface area contributed by atoms with Crippen LogP contribution < -0.4 is 0 Å². The van der Waals surface area contributed by atoms with Crippen molar-refractivity contribution in [1.29, 1.82) is 0 Å². The summed E-state index contributed by atoms with van der Waals surface area (Å²) in [6, 6.07) is 3.59. The number of halogens is 2. The zero-order valence-corrected chi connectivity index (χ0v) is 13.3. The molecular weight excluding hydrogens is 302 g/mol. The molecule has 2 aliphatic heterocycles. The quantitative estimate of drug-likeness (QED) is 0.927. The third-order valence-corrected chi connectivity index (χ3v) is 5.36. The van der Waals surface area contributed by atoms with Crippen LogP contribution in [0.25, 0.3) is 0 Å². The second kappa shape index (κ2) is 6.17. The van der Waals surface area contributed by atoms with Crippen LogP contribution in [0.5, 0.6) is 0 Å². The van der Waals surface area contributed by atoms with E-state index in [-0.39, 0.29) is 6.04 Å². The van der Waals surface area contributed by atoms with Crippen molar-refractivity contribution in [1.82, 2.24) is 9.80 Å². The maximum Gasteiger partial charge on any atom is 0.312 e. The van der Waals surface area contributed by atoms with Crippen LogP contribution in [0.4, 0.5) is 8.78 Å². The van der Waals surface area contributed by atoms with E-state index in [0.717, 1.165) is 32.0 Å². The standard InChI is InChI=1S/C17H22F2N2O2/c1-20-7-2-6-17(16(22)23)11-21(8-5-15(17)20)10-12-3-4-13(18)9-14(12)19/h3-4,9,15H,2,5-8,10-11H2,1H3,(H,22,23)/t15-,17+/m1/s1. The summed E-state index contributed by atoms with van der Waals surface area (Å²) in [6.45, 7) is 2.37. The van der Waals surface area contributed by atoms with Crippen LogP contribution in [0.15, 0.2) is 18.2 Å². The second-order valence-electron chi connectivity index (χ2n) is 6.80. The molecule has 0 unspecified atom stereocenters. The van der Waals surface area contributed by atoms with E-state index in [1.54, 1.807) is 0 Å². The Morgan fingerprint density at radius 2 is 2.17 bits per heavy atom. The first kappa shape index (κ1) is 16.3. The minimum Gasteiger partial charge on any atom is -0.481 e. The number of aliphatic carboxylic acids is 1. The Kier molecular flexibility index (Phi) is 4.38. The normalized spacial score (nSPS) is 29.3. The van der Waals surface area contributed by atoms with Crippen molar-refractivity contribution in [2.24, 2.45) is 5.41 Å². The molecule has 1 aromatic rings. The van der Waals surface area contributed by atoms with E-state index in [9.17, 15) is 18.7 Å². The topological polar surface area (TPSA) is 43.8 Å². The van der Waals surface area contributed by atoms with Crippen molar-refractivity contribution in [3.8, 4) is 0 Å². The van der Waals surface area contributed by atoms with Gasteiger partial charge in [-0.15, -0.1) is 0 Å². The molecule has 2 fully saturated rings. The summed E-state index contributed by atoms with van der Waals surface area (Å²) in [7, 11) is 1.98. The minimum atomic E-state index is -0.790. The lowest BCUT2D eigenvalue weighted by atomic mass is 9.69. The summed E-state index contributed by atoms with van der Waals surface area (Å²) in [4.78, 5) is 16.1. The summed E-state index contributed by atoms with van der Waals surface area (Å²) in [5.41, 5.74) is -0.378. The fourth-order valence-corrected chi connectivity index (χ4v) is 4.20. The highest BCUT2D eigenvalue weighted by Crippen LogP contribution is 2.41. The molecule has 0 amide bonds. The lowest BCUT2D eigenvalue weighted by molar-refractivity contribution is -0.163. The summed E-state index contributed by atoms with van der Waals surface area (Å²) in [5, 5.41) is 9.84. The first-order valence-corrected chi connectivity index (χ1v) is 8.02. The number of hydrogen-bond acceptors (Lipinski definition) is 3. The van der Waals surface area contributed by atoms with E-state index in [1.807, 2.05) is 11.9 Å². The highest BCUT2D eigenvalue weighted by molar-refractivity contribution is 5.76. The summed E-state index contributed by atoms with van der Waals surface area (Å²) < 4.78 is 26.9. The van der Waals surface area contributed by atoms with Gasteiger partial charge in [0.05, 0.1) is 5.41 Å². The number of nitrogens with zero attached hydrogens (tertiary/aromatic N) is 2. The zero-order valence-electron chi connectivity index (χ0n) is 13.3. The highest BCUT2D eigenvalue weighted by atomic mass is 19.1. The number of carboxylic acids is 1. The van der Waals surface area contributed by atoms with Crippen molar-refractivity contribution < 1.29 is 18.7 Å². The SMILES string of the molecule is CN1CCC[C@]2(C(=O)O)CN(Cc3ccc(F)cc3F)CC[C@@H]12. The first-order chi connectivity index (χ1) is 10.9. The van der Waals surface area contributed by atoms with Crippen LogP contribution in [0, 0.1) is 17.0 Å². The molecule has 0 spiro atoms. The van der Waals surface area contributed by atoms with Crippen LogP contribution >= 0.6 is 0 Å². The maximum atomic E-state index is 13.9. The third-order valence-electron chi connectivity index (χ3n) is 5.36. The van der Waals surface area contributed by atoms with Crippen molar-refractivity contribution in [2.75, 3.05) is 26.7 Å². The molecule has 2 aliphatic rings. The molecule has 0 bridgehead atoms. The molecule has 3 rings (SSSR count). The van der Waals surface area contributed by atoms with Gasteiger partial charge in [-0.25, -0.2) is 8.78 Å². The molecule has 1 N–H and O–H groups in total. The van der Waals surface area contributed by atoms with Gasteiger partial charge in [-0.05, 0) is 38.9 Å². The molecule has 2 heterocycles. The Hall–Kier alpha value is -1.53. The van der Waals surface area contributed by atoms with Gasteiger partial charge in [-0.1, -0.05) is 6.07 Å². The molecule has 0 radical (unpaired) electrons. The van der Waals surface area contributed by atoms with Gasteiger partial charge in [0.1, 0.15) is 11.6 Å². The smallest absolute Gasteiger partial charge is 0.312 e. The van der Waals surface area contributed by atoms with Crippen LogP contribution in [0.3, 0.4) is 0 Å². The molecule has 126 valence electrons. The number of rotatable bonds is 3. The number of hydrogen-bond donors (Lipinski definition) is 1. The van der Waals surface area contributed by atoms with Crippen molar-refractivity contribution in [2.45, 2.75) is 31.8 Å². The Morgan fingerprint density at radius 1 is 1.39 bits per heavy atom. The largest absolute Gasteiger partial charge is 0.481 e. The maximum absolute atomic E-state index is 13.9. The van der Waals surface area contributed by atoms with E-state index in [1.165, 1.54) is 12.1 Å². The average Bonchev–Trinajstić information content (AvgIpc) is 2.50. The van der Waals surface area contributed by atoms with Crippen molar-refractivity contribution in [3.05, 3.63) is 35.4 Å². The predicted octanol–water partition coefficient (Wildman–Crippen LogP) is 2.34. The molecule has 4 nitrogen and oxygen atoms in total. The van der Waals surface area contributed by atoms with Crippen molar-refractivity contribution >= 4 is 5.97 Å². The van der Waals surface area contributed by atoms with Crippen LogP contribution in [0.1, 0.15) is 24.8 Å². The number of benzene rings is 1. The van der Waals surface area contributed by atoms with Gasteiger partial charge in [0.25, 0.3) is 0 Å². The molecule has 6 heteroatoms. The Morgan fingerprint density at radius 3 is 2.87 bits per heavy atom. The first-order valence-electron chi connectivity index (χ1n) is 8.02. The second-order valence-corrected chi connectivity index (χ2v) is 6.80. The Balaban J connectivity index is 1.80. The van der Waals surface area contributed by atoms with Gasteiger partial charge in [0.15, 0.2) is 0 Å². The minimum absolute atomic E-state index is 0.0306. The van der Waals surface area contributed by atoms with Crippen LogP contribution in [0.2, 0.25) is 0 Å². The number of piperidine rings is 2. The molecule has 0 saturated carbocycles. The van der Waals surface area contributed by atoms with E-state index in [0.29, 0.717) is 25.1 Å². The van der Waals surface area contributed by atoms with E-state index < -0.39 is 23.0 Å². The summed E-state index contributed by atoms with van der Waals surface area (Å²) in [6.07, 6.45) is 2.27. The van der Waals surface area contributed by atoms with Crippen molar-refractivity contribution in [3.63, 3.8) is 0 Å². The fraction of sp³-hybridized carbons (Fsp3) is 0.588. The molecule has 23 heavy (non-hydrogen) atoms. The zero-order chi connectivity index (χ0) is 16.6. The fourth-order valence-electron chi connectivity index (χ4n) is 4.20. The highest BCUT2D eigenvalue weighted by Gasteiger charge is 2.52. The molecular formula is C17H22F2N2O2. The van der Waals surface area contributed by atoms with Gasteiger partial charge in [-0.2, -0.15) is 0 Å². The number of fused-ring (bicyclic) bond motifs is 1. The van der Waals surface area contributed by atoms with Gasteiger partial charge < -0.3 is 10.0 Å². The van der Waals surface area contributed by atoms with Gasteiger partial charge in [-0.3, -0.25) is 9.69 Å². The lowest BCUT2D eigenvalue weighted by Crippen LogP contribution is -2.63. The Labute approximate surface area is 134 Å². The predicted molar refractivity (Wildman–Crippen MR) is 82.0 cm³/mol. The number of likely N-dealkylation sites (tertiary alicyclic amines) is 2. The van der Waals surface area contributed by atoms with Gasteiger partial charge >= 0.3 is 5.97 Å². The van der Waals surface area contributed by atoms with Crippen LogP contribution in [-0.2, 0) is 11.3 Å². The van der Waals surface area contributed by atoms with Gasteiger partial charge in [0, 0.05) is 37.3 Å². The summed E-state index contributed by atoms with van der Waals surface area (Å²) in [5.74, 6) is -1.93. The molecule has 0 aromatic heterocycles. The number of carboxylic acid groups (broad SMARTS) is 1. The monoisotopic (exact) mass is 324 g/mol. The van der Waals surface area contributed by atoms with E-state index in [2.05, 4.69) is 4.90 Å². The van der Waals surface area contributed by atoms with Gasteiger partial charge in [0.2, 0.25) is 0 Å². The molecule has 2 atom stereocenters. The van der Waals surface area contributed by atoms with Crippen LogP contribution in [-0.4, -0.2) is 53.6 Å². The molecule has 0 aliphatic carbocycles. The third kappa shape index (κ3) is 2.97. The Bertz CT molecular complexity index is 610. The number of carbonyl (C=O) groups is 1. The summed E-state index contributed by atoms with van der Waals surface area (Å²) >= 11 is 0.